The molecule has 9 heteroatoms. The third-order valence-electron chi connectivity index (χ3n) is 6.68. The van der Waals surface area contributed by atoms with Gasteiger partial charge in [-0.05, 0) is 41.0 Å². The zero-order valence-electron chi connectivity index (χ0n) is 18.8. The van der Waals surface area contributed by atoms with Crippen LogP contribution in [0.25, 0.3) is 16.6 Å². The first-order valence-electron chi connectivity index (χ1n) is 11.1. The Hall–Kier alpha value is -4.66. The summed E-state index contributed by atoms with van der Waals surface area (Å²) >= 11 is 0. The van der Waals surface area contributed by atoms with Crippen molar-refractivity contribution in [2.24, 2.45) is 0 Å². The van der Waals surface area contributed by atoms with E-state index in [1.165, 1.54) is 0 Å². The monoisotopic (exact) mass is 467 g/mol. The molecule has 2 aliphatic rings. The number of nitrogens with one attached hydrogen (secondary N) is 2. The summed E-state index contributed by atoms with van der Waals surface area (Å²) in [5.41, 5.74) is 3.39. The Morgan fingerprint density at radius 3 is 2.60 bits per heavy atom. The Kier molecular flexibility index (Phi) is 4.60. The van der Waals surface area contributed by atoms with Crippen LogP contribution in [0.3, 0.4) is 0 Å². The van der Waals surface area contributed by atoms with Gasteiger partial charge in [-0.1, -0.05) is 36.4 Å². The summed E-state index contributed by atoms with van der Waals surface area (Å²) in [5.74, 6) is -0.119. The molecule has 1 fully saturated rings. The number of carbonyl (C=O) groups excluding carboxylic acids is 3. The second-order valence-electron chi connectivity index (χ2n) is 8.66. The molecule has 0 saturated carbocycles. The lowest BCUT2D eigenvalue weighted by atomic mass is 9.88. The summed E-state index contributed by atoms with van der Waals surface area (Å²) in [4.78, 5) is 40.1. The number of benzene rings is 2. The normalized spacial score (nSPS) is 19.1. The van der Waals surface area contributed by atoms with Gasteiger partial charge in [0.15, 0.2) is 5.54 Å². The molecule has 2 aromatic heterocycles. The number of fused-ring (bicyclic) bond motifs is 2. The first kappa shape index (κ1) is 20.9. The summed E-state index contributed by atoms with van der Waals surface area (Å²) in [6.07, 6.45) is 3.67. The zero-order valence-corrected chi connectivity index (χ0v) is 18.8. The fourth-order valence-corrected chi connectivity index (χ4v) is 4.87. The number of hydrogen-bond donors (Lipinski definition) is 2. The van der Waals surface area contributed by atoms with Crippen LogP contribution in [0, 0.1) is 0 Å². The summed E-state index contributed by atoms with van der Waals surface area (Å²) in [5, 5.41) is 9.50. The Morgan fingerprint density at radius 1 is 1.03 bits per heavy atom. The lowest BCUT2D eigenvalue weighted by Gasteiger charge is -2.31. The number of hydrogen-bond acceptors (Lipinski definition) is 5. The predicted octanol–water partition coefficient (Wildman–Crippen LogP) is 2.70. The van der Waals surface area contributed by atoms with E-state index in [2.05, 4.69) is 15.7 Å². The maximum atomic E-state index is 13.2. The minimum Gasteiger partial charge on any atom is -0.497 e. The molecule has 0 bridgehead atoms. The molecule has 6 rings (SSSR count). The largest absolute Gasteiger partial charge is 0.497 e. The lowest BCUT2D eigenvalue weighted by molar-refractivity contribution is -0.124. The summed E-state index contributed by atoms with van der Waals surface area (Å²) in [6, 6.07) is 18.0. The van der Waals surface area contributed by atoms with Gasteiger partial charge >= 0.3 is 6.03 Å². The molecule has 0 aliphatic carbocycles. The summed E-state index contributed by atoms with van der Waals surface area (Å²) in [7, 11) is 1.54. The average Bonchev–Trinajstić information content (AvgIpc) is 3.53. The van der Waals surface area contributed by atoms with Gasteiger partial charge in [0.25, 0.3) is 11.8 Å². The van der Waals surface area contributed by atoms with Crippen LogP contribution in [0.1, 0.15) is 21.5 Å². The second-order valence-corrected chi connectivity index (χ2v) is 8.66. The quantitative estimate of drug-likeness (QED) is 0.439. The molecular weight excluding hydrogens is 446 g/mol. The molecule has 0 spiro atoms. The molecule has 4 amide bonds. The van der Waals surface area contributed by atoms with Gasteiger partial charge in [-0.25, -0.2) is 9.31 Å². The van der Waals surface area contributed by atoms with Crippen LogP contribution in [0.5, 0.6) is 5.75 Å². The minimum atomic E-state index is -1.40. The first-order chi connectivity index (χ1) is 17.0. The minimum absolute atomic E-state index is 0.00351. The molecule has 9 nitrogen and oxygen atoms in total. The van der Waals surface area contributed by atoms with Crippen LogP contribution in [-0.4, -0.2) is 46.0 Å². The number of methoxy groups -OCH3 is 1. The van der Waals surface area contributed by atoms with Crippen molar-refractivity contribution < 1.29 is 19.1 Å². The van der Waals surface area contributed by atoms with Crippen LogP contribution in [-0.2, 0) is 16.9 Å². The fourth-order valence-electron chi connectivity index (χ4n) is 4.87. The van der Waals surface area contributed by atoms with Crippen molar-refractivity contribution in [1.29, 1.82) is 0 Å². The molecule has 35 heavy (non-hydrogen) atoms. The highest BCUT2D eigenvalue weighted by Crippen LogP contribution is 2.34. The number of urea groups is 1. The molecule has 174 valence electrons. The highest BCUT2D eigenvalue weighted by atomic mass is 16.5. The van der Waals surface area contributed by atoms with Gasteiger partial charge in [-0.3, -0.25) is 14.9 Å². The molecule has 2 aliphatic heterocycles. The maximum Gasteiger partial charge on any atom is 0.322 e. The van der Waals surface area contributed by atoms with Crippen molar-refractivity contribution in [2.75, 3.05) is 13.7 Å². The maximum absolute atomic E-state index is 13.2. The Balaban J connectivity index is 1.35. The molecule has 1 saturated heterocycles. The van der Waals surface area contributed by atoms with Crippen molar-refractivity contribution in [3.63, 3.8) is 0 Å². The van der Waals surface area contributed by atoms with E-state index in [1.807, 2.05) is 54.7 Å². The van der Waals surface area contributed by atoms with E-state index < -0.39 is 17.5 Å². The SMILES string of the molecule is COc1ccc2c(c1)C(=O)N(C[C@@]1(c3ccc(-c4cnn5ccccc45)cc3)NC(=O)NC1=O)C2. The number of nitrogens with zero attached hydrogens (tertiary/aromatic N) is 3. The highest BCUT2D eigenvalue weighted by molar-refractivity contribution is 6.08. The zero-order chi connectivity index (χ0) is 24.2. The number of aromatic nitrogens is 2. The van der Waals surface area contributed by atoms with Gasteiger partial charge in [0.05, 0.1) is 25.4 Å². The van der Waals surface area contributed by atoms with E-state index in [4.69, 9.17) is 4.74 Å². The second kappa shape index (κ2) is 7.69. The Labute approximate surface area is 200 Å². The van der Waals surface area contributed by atoms with Crippen LogP contribution in [0.2, 0.25) is 0 Å². The first-order valence-corrected chi connectivity index (χ1v) is 11.1. The van der Waals surface area contributed by atoms with Gasteiger partial charge in [0.2, 0.25) is 0 Å². The van der Waals surface area contributed by atoms with E-state index in [9.17, 15) is 14.4 Å². The van der Waals surface area contributed by atoms with Crippen LogP contribution in [0.4, 0.5) is 4.79 Å². The van der Waals surface area contributed by atoms with E-state index in [0.717, 1.165) is 22.2 Å². The van der Waals surface area contributed by atoms with Crippen molar-refractivity contribution >= 4 is 23.4 Å². The van der Waals surface area contributed by atoms with E-state index in [-0.39, 0.29) is 12.5 Å². The number of amides is 4. The third kappa shape index (κ3) is 3.23. The topological polar surface area (TPSA) is 105 Å². The van der Waals surface area contributed by atoms with Crippen molar-refractivity contribution in [3.05, 3.63) is 89.7 Å². The number of pyridine rings is 1. The summed E-state index contributed by atoms with van der Waals surface area (Å²) < 4.78 is 7.04. The molecular formula is C26H21N5O4. The van der Waals surface area contributed by atoms with Gasteiger partial charge in [-0.15, -0.1) is 0 Å². The van der Waals surface area contributed by atoms with Crippen molar-refractivity contribution in [2.45, 2.75) is 12.1 Å². The Morgan fingerprint density at radius 2 is 1.86 bits per heavy atom. The van der Waals surface area contributed by atoms with Gasteiger partial charge < -0.3 is 15.0 Å². The van der Waals surface area contributed by atoms with E-state index in [1.54, 1.807) is 34.9 Å². The molecule has 4 heterocycles. The Bertz CT molecular complexity index is 1510. The standard InChI is InChI=1S/C26H21N5O4/c1-35-19-10-7-17-14-30(23(32)20(17)12-19)15-26(24(33)28-25(34)29-26)18-8-5-16(6-9-18)21-13-27-31-11-3-2-4-22(21)31/h2-13H,14-15H2,1H3,(H2,28,29,33,34)/t26-/m0/s1. The fraction of sp³-hybridized carbons (Fsp3) is 0.154. The molecule has 0 unspecified atom stereocenters. The predicted molar refractivity (Wildman–Crippen MR) is 127 cm³/mol. The smallest absolute Gasteiger partial charge is 0.322 e. The van der Waals surface area contributed by atoms with Gasteiger partial charge in [0, 0.05) is 23.9 Å². The van der Waals surface area contributed by atoms with Crippen LogP contribution < -0.4 is 15.4 Å². The molecule has 0 radical (unpaired) electrons. The van der Waals surface area contributed by atoms with E-state index in [0.29, 0.717) is 23.4 Å². The van der Waals surface area contributed by atoms with Gasteiger partial charge in [0.1, 0.15) is 5.75 Å². The van der Waals surface area contributed by atoms with Crippen LogP contribution in [0.15, 0.2) is 73.1 Å². The molecule has 2 aromatic carbocycles. The van der Waals surface area contributed by atoms with Gasteiger partial charge in [-0.2, -0.15) is 5.10 Å². The summed E-state index contributed by atoms with van der Waals surface area (Å²) in [6.45, 7) is 0.333. The third-order valence-corrected chi connectivity index (χ3v) is 6.68. The average molecular weight is 467 g/mol. The van der Waals surface area contributed by atoms with E-state index >= 15 is 0 Å². The number of imide groups is 1. The molecule has 4 aromatic rings. The molecule has 2 N–H and O–H groups in total. The number of carbonyl (C=O) groups is 3. The van der Waals surface area contributed by atoms with Crippen molar-refractivity contribution in [3.8, 4) is 16.9 Å². The molecule has 1 atom stereocenters. The van der Waals surface area contributed by atoms with Crippen molar-refractivity contribution in [1.82, 2.24) is 25.1 Å². The highest BCUT2D eigenvalue weighted by Gasteiger charge is 2.50. The van der Waals surface area contributed by atoms with Crippen LogP contribution >= 0.6 is 0 Å². The lowest BCUT2D eigenvalue weighted by Crippen LogP contribution is -2.52. The number of ether oxygens (including phenoxy) is 1. The number of rotatable bonds is 5.